The Morgan fingerprint density at radius 3 is 2.63 bits per heavy atom. The minimum atomic E-state index is -0.0864. The van der Waals surface area contributed by atoms with E-state index in [0.717, 1.165) is 29.9 Å². The number of hydrogen-bond acceptors (Lipinski definition) is 5. The zero-order valence-electron chi connectivity index (χ0n) is 15.9. The fourth-order valence-electron chi connectivity index (χ4n) is 2.99. The third-order valence-electron chi connectivity index (χ3n) is 4.60. The van der Waals surface area contributed by atoms with Gasteiger partial charge in [0.05, 0.1) is 9.72 Å². The van der Waals surface area contributed by atoms with Gasteiger partial charge in [-0.3, -0.25) is 14.4 Å². The van der Waals surface area contributed by atoms with Crippen LogP contribution in [0, 0.1) is 0 Å². The average Bonchev–Trinajstić information content (AvgIpc) is 3.32. The lowest BCUT2D eigenvalue weighted by Gasteiger charge is -2.24. The summed E-state index contributed by atoms with van der Waals surface area (Å²) in [6.45, 7) is 10.1. The number of anilines is 1. The number of aryl methyl sites for hydroxylation is 1. The Labute approximate surface area is 168 Å². The van der Waals surface area contributed by atoms with Crippen LogP contribution in [0.4, 0.5) is 5.13 Å². The van der Waals surface area contributed by atoms with Gasteiger partial charge in [0.15, 0.2) is 5.13 Å². The number of hydrogen-bond donors (Lipinski definition) is 0. The molecule has 2 heterocycles. The molecule has 27 heavy (non-hydrogen) atoms. The highest BCUT2D eigenvalue weighted by Crippen LogP contribution is 2.33. The number of halogens is 1. The number of carbonyl (C=O) groups is 1. The van der Waals surface area contributed by atoms with Crippen molar-refractivity contribution in [3.8, 4) is 0 Å². The molecule has 0 saturated heterocycles. The first-order chi connectivity index (χ1) is 13.1. The maximum absolute atomic E-state index is 13.3. The molecule has 3 rings (SSSR count). The molecule has 0 N–H and O–H groups in total. The molecular weight excluding hydrogens is 382 g/mol. The van der Waals surface area contributed by atoms with Crippen LogP contribution in [0.3, 0.4) is 0 Å². The molecule has 144 valence electrons. The molecule has 6 nitrogen and oxygen atoms in total. The van der Waals surface area contributed by atoms with Gasteiger partial charge in [0.1, 0.15) is 11.2 Å². The van der Waals surface area contributed by atoms with E-state index in [2.05, 4.69) is 28.8 Å². The summed E-state index contributed by atoms with van der Waals surface area (Å²) in [7, 11) is 0. The first kappa shape index (κ1) is 19.8. The molecule has 0 bridgehead atoms. The molecule has 0 saturated carbocycles. The molecule has 8 heteroatoms. The lowest BCUT2D eigenvalue weighted by atomic mass is 10.3. The van der Waals surface area contributed by atoms with Crippen LogP contribution in [0.1, 0.15) is 31.3 Å². The average molecular weight is 406 g/mol. The first-order valence-electron chi connectivity index (χ1n) is 9.20. The number of nitrogens with zero attached hydrogens (tertiary/aromatic N) is 5. The second kappa shape index (κ2) is 8.82. The van der Waals surface area contributed by atoms with Gasteiger partial charge in [-0.2, -0.15) is 5.10 Å². The lowest BCUT2D eigenvalue weighted by molar-refractivity contribution is 0.0973. The predicted octanol–water partition coefficient (Wildman–Crippen LogP) is 4.15. The Morgan fingerprint density at radius 1 is 1.19 bits per heavy atom. The fourth-order valence-corrected chi connectivity index (χ4v) is 4.28. The minimum absolute atomic E-state index is 0.0864. The van der Waals surface area contributed by atoms with Crippen LogP contribution in [0.2, 0.25) is 5.02 Å². The normalized spacial score (nSPS) is 11.4. The largest absolute Gasteiger partial charge is 0.302 e. The lowest BCUT2D eigenvalue weighted by Crippen LogP contribution is -2.39. The monoisotopic (exact) mass is 405 g/mol. The van der Waals surface area contributed by atoms with Crippen LogP contribution in [-0.4, -0.2) is 51.8 Å². The summed E-state index contributed by atoms with van der Waals surface area (Å²) in [6, 6.07) is 7.46. The standard InChI is InChI=1S/C19H24ClN5OS/c1-4-23(5-2)12-13-24(18(26)15-10-11-21-25(15)6-3)19-22-17-14(20)8-7-9-16(17)27-19/h7-11H,4-6,12-13H2,1-3H3. The van der Waals surface area contributed by atoms with Gasteiger partial charge in [0, 0.05) is 25.8 Å². The molecule has 0 aliphatic heterocycles. The molecule has 0 spiro atoms. The summed E-state index contributed by atoms with van der Waals surface area (Å²) < 4.78 is 2.69. The van der Waals surface area contributed by atoms with E-state index in [4.69, 9.17) is 11.6 Å². The van der Waals surface area contributed by atoms with Gasteiger partial charge in [-0.1, -0.05) is 42.9 Å². The van der Waals surface area contributed by atoms with Crippen molar-refractivity contribution in [1.82, 2.24) is 19.7 Å². The molecule has 2 aromatic heterocycles. The second-order valence-electron chi connectivity index (χ2n) is 6.10. The molecule has 0 radical (unpaired) electrons. The number of benzene rings is 1. The maximum atomic E-state index is 13.3. The Kier molecular flexibility index (Phi) is 6.46. The predicted molar refractivity (Wildman–Crippen MR) is 112 cm³/mol. The van der Waals surface area contributed by atoms with Crippen LogP contribution in [-0.2, 0) is 6.54 Å². The summed E-state index contributed by atoms with van der Waals surface area (Å²) in [5.41, 5.74) is 1.31. The number of amides is 1. The molecule has 0 aliphatic rings. The topological polar surface area (TPSA) is 54.3 Å². The zero-order valence-corrected chi connectivity index (χ0v) is 17.4. The smallest absolute Gasteiger partial charge is 0.278 e. The minimum Gasteiger partial charge on any atom is -0.302 e. The van der Waals surface area contributed by atoms with Crippen molar-refractivity contribution in [3.05, 3.63) is 41.2 Å². The second-order valence-corrected chi connectivity index (χ2v) is 7.52. The molecule has 3 aromatic rings. The molecule has 0 fully saturated rings. The number of carbonyl (C=O) groups excluding carboxylic acids is 1. The number of rotatable bonds is 8. The highest BCUT2D eigenvalue weighted by molar-refractivity contribution is 7.22. The van der Waals surface area contributed by atoms with Gasteiger partial charge in [-0.25, -0.2) is 4.98 Å². The summed E-state index contributed by atoms with van der Waals surface area (Å²) in [6.07, 6.45) is 1.66. The van der Waals surface area contributed by atoms with Gasteiger partial charge in [-0.15, -0.1) is 0 Å². The quantitative estimate of drug-likeness (QED) is 0.564. The van der Waals surface area contributed by atoms with Crippen molar-refractivity contribution in [1.29, 1.82) is 0 Å². The van der Waals surface area contributed by atoms with E-state index in [0.29, 0.717) is 28.9 Å². The highest BCUT2D eigenvalue weighted by Gasteiger charge is 2.24. The molecule has 0 atom stereocenters. The van der Waals surface area contributed by atoms with Gasteiger partial charge in [0.25, 0.3) is 5.91 Å². The van der Waals surface area contributed by atoms with Gasteiger partial charge >= 0.3 is 0 Å². The van der Waals surface area contributed by atoms with Gasteiger partial charge < -0.3 is 4.90 Å². The van der Waals surface area contributed by atoms with Crippen molar-refractivity contribution in [2.24, 2.45) is 0 Å². The van der Waals surface area contributed by atoms with Crippen LogP contribution >= 0.6 is 22.9 Å². The number of thiazole rings is 1. The zero-order chi connectivity index (χ0) is 19.4. The fraction of sp³-hybridized carbons (Fsp3) is 0.421. The summed E-state index contributed by atoms with van der Waals surface area (Å²) in [4.78, 5) is 22.0. The van der Waals surface area contributed by atoms with E-state index in [1.807, 2.05) is 25.1 Å². The summed E-state index contributed by atoms with van der Waals surface area (Å²) >= 11 is 7.78. The van der Waals surface area contributed by atoms with Crippen molar-refractivity contribution in [2.45, 2.75) is 27.3 Å². The van der Waals surface area contributed by atoms with E-state index in [1.165, 1.54) is 11.3 Å². The SMILES string of the molecule is CCN(CC)CCN(C(=O)c1ccnn1CC)c1nc2c(Cl)cccc2s1. The van der Waals surface area contributed by atoms with E-state index in [-0.39, 0.29) is 5.91 Å². The van der Waals surface area contributed by atoms with E-state index in [9.17, 15) is 4.79 Å². The number of likely N-dealkylation sites (N-methyl/N-ethyl adjacent to an activating group) is 1. The van der Waals surface area contributed by atoms with Crippen molar-refractivity contribution >= 4 is 44.2 Å². The first-order valence-corrected chi connectivity index (χ1v) is 10.4. The summed E-state index contributed by atoms with van der Waals surface area (Å²) in [5, 5.41) is 5.50. The number of aromatic nitrogens is 3. The molecule has 1 aromatic carbocycles. The van der Waals surface area contributed by atoms with Crippen molar-refractivity contribution in [3.63, 3.8) is 0 Å². The van der Waals surface area contributed by atoms with Crippen LogP contribution < -0.4 is 4.90 Å². The highest BCUT2D eigenvalue weighted by atomic mass is 35.5. The van der Waals surface area contributed by atoms with Crippen molar-refractivity contribution in [2.75, 3.05) is 31.1 Å². The van der Waals surface area contributed by atoms with Gasteiger partial charge in [-0.05, 0) is 38.2 Å². The molecular formula is C19H24ClN5OS. The Bertz CT molecular complexity index is 918. The third-order valence-corrected chi connectivity index (χ3v) is 5.95. The maximum Gasteiger partial charge on any atom is 0.278 e. The Morgan fingerprint density at radius 2 is 1.96 bits per heavy atom. The van der Waals surface area contributed by atoms with E-state index < -0.39 is 0 Å². The number of fused-ring (bicyclic) bond motifs is 1. The third kappa shape index (κ3) is 4.15. The van der Waals surface area contributed by atoms with Crippen molar-refractivity contribution < 1.29 is 4.79 Å². The van der Waals surface area contributed by atoms with E-state index >= 15 is 0 Å². The molecule has 0 unspecified atom stereocenters. The Balaban J connectivity index is 1.97. The Hall–Kier alpha value is -1.96. The van der Waals surface area contributed by atoms with Crippen LogP contribution in [0.25, 0.3) is 10.2 Å². The van der Waals surface area contributed by atoms with Crippen LogP contribution in [0.15, 0.2) is 30.5 Å². The molecule has 1 amide bonds. The van der Waals surface area contributed by atoms with E-state index in [1.54, 1.807) is 21.8 Å². The van der Waals surface area contributed by atoms with Crippen LogP contribution in [0.5, 0.6) is 0 Å². The van der Waals surface area contributed by atoms with Gasteiger partial charge in [0.2, 0.25) is 0 Å². The summed E-state index contributed by atoms with van der Waals surface area (Å²) in [5.74, 6) is -0.0864. The molecule has 0 aliphatic carbocycles. The number of para-hydroxylation sites is 1.